The summed E-state index contributed by atoms with van der Waals surface area (Å²) < 4.78 is 0. The molecular weight excluding hydrogens is 455 g/mol. The Bertz CT molecular complexity index is 583. The topological polar surface area (TPSA) is 77.0 Å². The van der Waals surface area contributed by atoms with Gasteiger partial charge in [0.25, 0.3) is 0 Å². The number of aliphatic hydroxyl groups is 1. The molecule has 1 saturated heterocycles. The van der Waals surface area contributed by atoms with E-state index in [2.05, 4.69) is 22.5 Å². The first kappa shape index (κ1) is 23.7. The zero-order valence-corrected chi connectivity index (χ0v) is 18.7. The van der Waals surface area contributed by atoms with Crippen LogP contribution in [0.2, 0.25) is 0 Å². The van der Waals surface area contributed by atoms with Crippen molar-refractivity contribution in [2.45, 2.75) is 44.6 Å². The van der Waals surface area contributed by atoms with Crippen molar-refractivity contribution in [2.75, 3.05) is 33.3 Å². The number of likely N-dealkylation sites (tertiary alicyclic amines) is 1. The molecule has 1 fully saturated rings. The summed E-state index contributed by atoms with van der Waals surface area (Å²) in [7, 11) is 1.71. The molecule has 1 aliphatic rings. The number of hydrogen-bond acceptors (Lipinski definition) is 3. The second-order valence-corrected chi connectivity index (χ2v) is 6.85. The van der Waals surface area contributed by atoms with E-state index in [0.717, 1.165) is 24.9 Å². The van der Waals surface area contributed by atoms with E-state index in [1.807, 2.05) is 35.2 Å². The Morgan fingerprint density at radius 1 is 1.30 bits per heavy atom. The maximum Gasteiger partial charge on any atom is 0.224 e. The van der Waals surface area contributed by atoms with Crippen molar-refractivity contribution in [3.63, 3.8) is 0 Å². The van der Waals surface area contributed by atoms with E-state index in [-0.39, 0.29) is 42.4 Å². The van der Waals surface area contributed by atoms with Crippen LogP contribution in [0.1, 0.15) is 44.1 Å². The van der Waals surface area contributed by atoms with Gasteiger partial charge in [0.1, 0.15) is 0 Å². The van der Waals surface area contributed by atoms with Crippen LogP contribution in [0.5, 0.6) is 0 Å². The first-order valence-electron chi connectivity index (χ1n) is 9.55. The molecule has 1 aliphatic heterocycles. The number of hydrogen-bond donors (Lipinski definition) is 3. The molecule has 1 amide bonds. The van der Waals surface area contributed by atoms with Crippen LogP contribution in [0.3, 0.4) is 0 Å². The Labute approximate surface area is 179 Å². The Morgan fingerprint density at radius 2 is 2.04 bits per heavy atom. The highest BCUT2D eigenvalue weighted by Crippen LogP contribution is 2.17. The minimum atomic E-state index is 0. The summed E-state index contributed by atoms with van der Waals surface area (Å²) in [6.07, 6.45) is 3.89. The molecule has 1 aromatic carbocycles. The zero-order valence-electron chi connectivity index (χ0n) is 16.4. The summed E-state index contributed by atoms with van der Waals surface area (Å²) in [5, 5.41) is 16.1. The fraction of sp³-hybridized carbons (Fsp3) is 0.600. The van der Waals surface area contributed by atoms with Gasteiger partial charge < -0.3 is 20.6 Å². The highest BCUT2D eigenvalue weighted by atomic mass is 127. The lowest BCUT2D eigenvalue weighted by Crippen LogP contribution is -2.44. The predicted octanol–water partition coefficient (Wildman–Crippen LogP) is 2.34. The van der Waals surface area contributed by atoms with E-state index in [1.54, 1.807) is 7.05 Å². The molecule has 0 aliphatic carbocycles. The van der Waals surface area contributed by atoms with Crippen molar-refractivity contribution >= 4 is 35.8 Å². The largest absolute Gasteiger partial charge is 0.396 e. The first-order valence-corrected chi connectivity index (χ1v) is 9.55. The zero-order chi connectivity index (χ0) is 18.8. The minimum absolute atomic E-state index is 0. The molecule has 0 spiro atoms. The van der Waals surface area contributed by atoms with Gasteiger partial charge in [-0.15, -0.1) is 24.0 Å². The molecule has 2 atom stereocenters. The molecule has 2 unspecified atom stereocenters. The smallest absolute Gasteiger partial charge is 0.224 e. The maximum absolute atomic E-state index is 12.4. The van der Waals surface area contributed by atoms with Gasteiger partial charge in [0.15, 0.2) is 5.96 Å². The van der Waals surface area contributed by atoms with Gasteiger partial charge in [0.2, 0.25) is 5.91 Å². The molecule has 2 rings (SSSR count). The fourth-order valence-corrected chi connectivity index (χ4v) is 3.35. The molecule has 3 N–H and O–H groups in total. The SMILES string of the molecule is CN=C(NCCC(=O)N1CCCCC1C)NCC(CO)c1ccccc1.I. The van der Waals surface area contributed by atoms with Crippen molar-refractivity contribution in [1.29, 1.82) is 0 Å². The van der Waals surface area contributed by atoms with Gasteiger partial charge in [0, 0.05) is 45.1 Å². The van der Waals surface area contributed by atoms with Crippen LogP contribution in [0.15, 0.2) is 35.3 Å². The second kappa shape index (κ2) is 12.9. The summed E-state index contributed by atoms with van der Waals surface area (Å²) in [5.41, 5.74) is 1.09. The summed E-state index contributed by atoms with van der Waals surface area (Å²) in [6, 6.07) is 10.3. The monoisotopic (exact) mass is 488 g/mol. The number of amides is 1. The number of aliphatic hydroxyl groups excluding tert-OH is 1. The first-order chi connectivity index (χ1) is 12.7. The van der Waals surface area contributed by atoms with Gasteiger partial charge in [-0.05, 0) is 31.7 Å². The lowest BCUT2D eigenvalue weighted by Gasteiger charge is -2.33. The minimum Gasteiger partial charge on any atom is -0.396 e. The lowest BCUT2D eigenvalue weighted by atomic mass is 10.0. The lowest BCUT2D eigenvalue weighted by molar-refractivity contribution is -0.134. The molecule has 7 heteroatoms. The molecule has 1 aromatic rings. The molecule has 0 radical (unpaired) electrons. The van der Waals surface area contributed by atoms with Gasteiger partial charge in [-0.3, -0.25) is 9.79 Å². The molecular formula is C20H33IN4O2. The van der Waals surface area contributed by atoms with Crippen molar-refractivity contribution in [1.82, 2.24) is 15.5 Å². The van der Waals surface area contributed by atoms with Gasteiger partial charge in [-0.25, -0.2) is 0 Å². The van der Waals surface area contributed by atoms with Gasteiger partial charge >= 0.3 is 0 Å². The summed E-state index contributed by atoms with van der Waals surface area (Å²) in [4.78, 5) is 18.6. The highest BCUT2D eigenvalue weighted by molar-refractivity contribution is 14.0. The molecule has 1 heterocycles. The maximum atomic E-state index is 12.4. The number of halogens is 1. The van der Waals surface area contributed by atoms with E-state index >= 15 is 0 Å². The number of nitrogens with one attached hydrogen (secondary N) is 2. The summed E-state index contributed by atoms with van der Waals surface area (Å²) in [5.74, 6) is 0.863. The van der Waals surface area contributed by atoms with Crippen molar-refractivity contribution < 1.29 is 9.90 Å². The predicted molar refractivity (Wildman–Crippen MR) is 121 cm³/mol. The van der Waals surface area contributed by atoms with Crippen molar-refractivity contribution in [3.05, 3.63) is 35.9 Å². The Hall–Kier alpha value is -1.35. The van der Waals surface area contributed by atoms with Gasteiger partial charge in [-0.1, -0.05) is 30.3 Å². The van der Waals surface area contributed by atoms with Crippen LogP contribution in [-0.4, -0.2) is 61.2 Å². The third-order valence-corrected chi connectivity index (χ3v) is 4.99. The normalized spacial score (nSPS) is 18.4. The number of benzene rings is 1. The van der Waals surface area contributed by atoms with E-state index < -0.39 is 0 Å². The van der Waals surface area contributed by atoms with Crippen LogP contribution >= 0.6 is 24.0 Å². The summed E-state index contributed by atoms with van der Waals surface area (Å²) >= 11 is 0. The number of aliphatic imine (C=N–C) groups is 1. The second-order valence-electron chi connectivity index (χ2n) is 6.85. The number of rotatable bonds is 7. The molecule has 0 aromatic heterocycles. The Kier molecular flexibility index (Phi) is 11.3. The van der Waals surface area contributed by atoms with Crippen molar-refractivity contribution in [3.8, 4) is 0 Å². The molecule has 27 heavy (non-hydrogen) atoms. The molecule has 152 valence electrons. The number of piperidine rings is 1. The van der Waals surface area contributed by atoms with E-state index in [9.17, 15) is 9.90 Å². The fourth-order valence-electron chi connectivity index (χ4n) is 3.35. The summed E-state index contributed by atoms with van der Waals surface area (Å²) in [6.45, 7) is 4.21. The van der Waals surface area contributed by atoms with Crippen LogP contribution in [-0.2, 0) is 4.79 Å². The molecule has 6 nitrogen and oxygen atoms in total. The third kappa shape index (κ3) is 7.65. The van der Waals surface area contributed by atoms with Gasteiger partial charge in [0.05, 0.1) is 6.61 Å². The van der Waals surface area contributed by atoms with Crippen LogP contribution in [0, 0.1) is 0 Å². The van der Waals surface area contributed by atoms with Crippen LogP contribution in [0.25, 0.3) is 0 Å². The van der Waals surface area contributed by atoms with Crippen LogP contribution < -0.4 is 10.6 Å². The Balaban J connectivity index is 0.00000364. The highest BCUT2D eigenvalue weighted by Gasteiger charge is 2.22. The van der Waals surface area contributed by atoms with E-state index in [4.69, 9.17) is 0 Å². The van der Waals surface area contributed by atoms with E-state index in [0.29, 0.717) is 31.5 Å². The molecule has 0 saturated carbocycles. The van der Waals surface area contributed by atoms with Gasteiger partial charge in [-0.2, -0.15) is 0 Å². The number of nitrogens with zero attached hydrogens (tertiary/aromatic N) is 2. The Morgan fingerprint density at radius 3 is 2.67 bits per heavy atom. The third-order valence-electron chi connectivity index (χ3n) is 4.99. The average molecular weight is 488 g/mol. The number of carbonyl (C=O) groups excluding carboxylic acids is 1. The number of guanidine groups is 1. The number of carbonyl (C=O) groups is 1. The van der Waals surface area contributed by atoms with E-state index in [1.165, 1.54) is 6.42 Å². The average Bonchev–Trinajstić information content (AvgIpc) is 2.68. The van der Waals surface area contributed by atoms with Crippen molar-refractivity contribution in [2.24, 2.45) is 4.99 Å². The quantitative estimate of drug-likeness (QED) is 0.313. The standard InChI is InChI=1S/C20H32N4O2.HI/c1-16-8-6-7-13-24(16)19(26)11-12-22-20(21-2)23-14-18(15-25)17-9-4-3-5-10-17;/h3-5,9-10,16,18,25H,6-8,11-15H2,1-2H3,(H2,21,22,23);1H. The van der Waals surface area contributed by atoms with Crippen LogP contribution in [0.4, 0.5) is 0 Å². The molecule has 0 bridgehead atoms.